The highest BCUT2D eigenvalue weighted by Crippen LogP contribution is 2.35. The lowest BCUT2D eigenvalue weighted by atomic mass is 9.80. The third-order valence-electron chi connectivity index (χ3n) is 4.57. The molecule has 0 aliphatic heterocycles. The molecule has 1 N–H and O–H groups in total. The number of hydrogen-bond acceptors (Lipinski definition) is 2. The first-order valence-corrected chi connectivity index (χ1v) is 7.99. The van der Waals surface area contributed by atoms with Crippen molar-refractivity contribution < 1.29 is 0 Å². The SMILES string of the molecule is CCCc1nccn1C1CC(CCC)CCC1NC. The van der Waals surface area contributed by atoms with E-state index in [1.165, 1.54) is 44.3 Å². The Morgan fingerprint density at radius 3 is 2.84 bits per heavy atom. The highest BCUT2D eigenvalue weighted by Gasteiger charge is 2.31. The van der Waals surface area contributed by atoms with Crippen LogP contribution in [0.3, 0.4) is 0 Å². The quantitative estimate of drug-likeness (QED) is 0.850. The minimum Gasteiger partial charge on any atom is -0.330 e. The minimum atomic E-state index is 0.597. The van der Waals surface area contributed by atoms with Crippen molar-refractivity contribution in [3.8, 4) is 0 Å². The minimum absolute atomic E-state index is 0.597. The van der Waals surface area contributed by atoms with Gasteiger partial charge >= 0.3 is 0 Å². The van der Waals surface area contributed by atoms with E-state index in [-0.39, 0.29) is 0 Å². The van der Waals surface area contributed by atoms with Crippen LogP contribution in [0, 0.1) is 5.92 Å². The van der Waals surface area contributed by atoms with Crippen molar-refractivity contribution in [1.82, 2.24) is 14.9 Å². The largest absolute Gasteiger partial charge is 0.330 e. The molecule has 1 aromatic rings. The molecular formula is C16H29N3. The van der Waals surface area contributed by atoms with Crippen molar-refractivity contribution in [2.75, 3.05) is 7.05 Å². The summed E-state index contributed by atoms with van der Waals surface area (Å²) in [5.41, 5.74) is 0. The Labute approximate surface area is 117 Å². The number of aromatic nitrogens is 2. The van der Waals surface area contributed by atoms with Crippen molar-refractivity contribution in [2.24, 2.45) is 5.92 Å². The lowest BCUT2D eigenvalue weighted by Crippen LogP contribution is -2.40. The van der Waals surface area contributed by atoms with Gasteiger partial charge in [0.1, 0.15) is 5.82 Å². The molecule has 0 saturated heterocycles. The molecule has 0 aromatic carbocycles. The van der Waals surface area contributed by atoms with E-state index >= 15 is 0 Å². The van der Waals surface area contributed by atoms with Crippen LogP contribution >= 0.6 is 0 Å². The fourth-order valence-corrected chi connectivity index (χ4v) is 3.61. The van der Waals surface area contributed by atoms with Gasteiger partial charge in [0.2, 0.25) is 0 Å². The van der Waals surface area contributed by atoms with Crippen LogP contribution in [0.1, 0.15) is 64.2 Å². The fourth-order valence-electron chi connectivity index (χ4n) is 3.61. The van der Waals surface area contributed by atoms with Gasteiger partial charge in [0.15, 0.2) is 0 Å². The van der Waals surface area contributed by atoms with Gasteiger partial charge in [-0.15, -0.1) is 0 Å². The van der Waals surface area contributed by atoms with E-state index in [2.05, 4.69) is 42.0 Å². The normalized spacial score (nSPS) is 27.6. The molecule has 3 heteroatoms. The zero-order valence-electron chi connectivity index (χ0n) is 12.7. The second-order valence-corrected chi connectivity index (χ2v) is 5.93. The van der Waals surface area contributed by atoms with Crippen molar-refractivity contribution in [1.29, 1.82) is 0 Å². The maximum Gasteiger partial charge on any atom is 0.108 e. The van der Waals surface area contributed by atoms with Crippen molar-refractivity contribution in [3.63, 3.8) is 0 Å². The first kappa shape index (κ1) is 14.6. The molecule has 1 aromatic heterocycles. The molecule has 1 heterocycles. The van der Waals surface area contributed by atoms with Gasteiger partial charge in [-0.05, 0) is 38.6 Å². The van der Waals surface area contributed by atoms with Crippen LogP contribution in [0.25, 0.3) is 0 Å². The van der Waals surface area contributed by atoms with E-state index in [4.69, 9.17) is 0 Å². The number of nitrogens with one attached hydrogen (secondary N) is 1. The molecule has 2 rings (SSSR count). The first-order chi connectivity index (χ1) is 9.30. The Morgan fingerprint density at radius 2 is 2.16 bits per heavy atom. The number of hydrogen-bond donors (Lipinski definition) is 1. The van der Waals surface area contributed by atoms with Crippen LogP contribution in [0.4, 0.5) is 0 Å². The molecule has 1 saturated carbocycles. The molecule has 1 aliphatic carbocycles. The van der Waals surface area contributed by atoms with Gasteiger partial charge in [0.25, 0.3) is 0 Å². The monoisotopic (exact) mass is 263 g/mol. The Balaban J connectivity index is 2.14. The van der Waals surface area contributed by atoms with Gasteiger partial charge < -0.3 is 9.88 Å². The summed E-state index contributed by atoms with van der Waals surface area (Å²) in [6, 6.07) is 1.21. The maximum absolute atomic E-state index is 4.56. The smallest absolute Gasteiger partial charge is 0.108 e. The highest BCUT2D eigenvalue weighted by molar-refractivity contribution is 5.00. The molecule has 3 nitrogen and oxygen atoms in total. The summed E-state index contributed by atoms with van der Waals surface area (Å²) in [7, 11) is 2.11. The molecule has 1 aliphatic rings. The van der Waals surface area contributed by atoms with Gasteiger partial charge in [0, 0.05) is 24.9 Å². The van der Waals surface area contributed by atoms with Crippen molar-refractivity contribution >= 4 is 0 Å². The lowest BCUT2D eigenvalue weighted by Gasteiger charge is -2.37. The van der Waals surface area contributed by atoms with E-state index in [0.29, 0.717) is 12.1 Å². The summed E-state index contributed by atoms with van der Waals surface area (Å²) in [5.74, 6) is 2.17. The second-order valence-electron chi connectivity index (χ2n) is 5.93. The van der Waals surface area contributed by atoms with Crippen molar-refractivity contribution in [2.45, 2.75) is 70.9 Å². The van der Waals surface area contributed by atoms with E-state index in [1.807, 2.05) is 6.20 Å². The summed E-state index contributed by atoms with van der Waals surface area (Å²) >= 11 is 0. The third-order valence-corrected chi connectivity index (χ3v) is 4.57. The van der Waals surface area contributed by atoms with Crippen LogP contribution in [-0.4, -0.2) is 22.6 Å². The number of likely N-dealkylation sites (N-methyl/N-ethyl adjacent to an activating group) is 1. The Morgan fingerprint density at radius 1 is 1.32 bits per heavy atom. The summed E-state index contributed by atoms with van der Waals surface area (Å²) in [6.07, 6.45) is 13.1. The first-order valence-electron chi connectivity index (χ1n) is 7.99. The number of rotatable bonds is 6. The second kappa shape index (κ2) is 7.09. The summed E-state index contributed by atoms with van der Waals surface area (Å²) in [4.78, 5) is 4.56. The summed E-state index contributed by atoms with van der Waals surface area (Å²) in [5, 5.41) is 3.53. The molecule has 0 bridgehead atoms. The molecular weight excluding hydrogens is 234 g/mol. The summed E-state index contributed by atoms with van der Waals surface area (Å²) in [6.45, 7) is 4.54. The molecule has 3 atom stereocenters. The van der Waals surface area contributed by atoms with E-state index in [0.717, 1.165) is 12.3 Å². The van der Waals surface area contributed by atoms with Gasteiger partial charge in [-0.3, -0.25) is 0 Å². The number of nitrogens with zero attached hydrogens (tertiary/aromatic N) is 2. The zero-order chi connectivity index (χ0) is 13.7. The molecule has 19 heavy (non-hydrogen) atoms. The zero-order valence-corrected chi connectivity index (χ0v) is 12.7. The van der Waals surface area contributed by atoms with E-state index in [9.17, 15) is 0 Å². The Kier molecular flexibility index (Phi) is 5.44. The van der Waals surface area contributed by atoms with Crippen molar-refractivity contribution in [3.05, 3.63) is 18.2 Å². The molecule has 108 valence electrons. The standard InChI is InChI=1S/C16H29N3/c1-4-6-13-8-9-14(17-3)15(12-13)19-11-10-18-16(19)7-5-2/h10-11,13-15,17H,4-9,12H2,1-3H3. The van der Waals surface area contributed by atoms with E-state index in [1.54, 1.807) is 0 Å². The molecule has 3 unspecified atom stereocenters. The third kappa shape index (κ3) is 3.38. The van der Waals surface area contributed by atoms with Gasteiger partial charge in [-0.25, -0.2) is 4.98 Å². The Hall–Kier alpha value is -0.830. The predicted molar refractivity (Wildman–Crippen MR) is 80.4 cm³/mol. The van der Waals surface area contributed by atoms with Crippen LogP contribution in [0.15, 0.2) is 12.4 Å². The average molecular weight is 263 g/mol. The van der Waals surface area contributed by atoms with Crippen LogP contribution in [0.5, 0.6) is 0 Å². The van der Waals surface area contributed by atoms with Gasteiger partial charge in [0.05, 0.1) is 6.04 Å². The number of aryl methyl sites for hydroxylation is 1. The fraction of sp³-hybridized carbons (Fsp3) is 0.812. The summed E-state index contributed by atoms with van der Waals surface area (Å²) < 4.78 is 2.45. The number of imidazole rings is 1. The van der Waals surface area contributed by atoms with E-state index < -0.39 is 0 Å². The lowest BCUT2D eigenvalue weighted by molar-refractivity contribution is 0.201. The van der Waals surface area contributed by atoms with Crippen LogP contribution in [0.2, 0.25) is 0 Å². The maximum atomic E-state index is 4.56. The molecule has 0 radical (unpaired) electrons. The van der Waals surface area contributed by atoms with Gasteiger partial charge in [-0.1, -0.05) is 26.7 Å². The average Bonchev–Trinajstić information content (AvgIpc) is 2.87. The Bertz CT molecular complexity index is 372. The predicted octanol–water partition coefficient (Wildman–Crippen LogP) is 3.56. The highest BCUT2D eigenvalue weighted by atomic mass is 15.1. The van der Waals surface area contributed by atoms with Crippen LogP contribution in [-0.2, 0) is 6.42 Å². The molecule has 1 fully saturated rings. The topological polar surface area (TPSA) is 29.9 Å². The molecule has 0 amide bonds. The van der Waals surface area contributed by atoms with Crippen LogP contribution < -0.4 is 5.32 Å². The van der Waals surface area contributed by atoms with Gasteiger partial charge in [-0.2, -0.15) is 0 Å². The molecule has 0 spiro atoms.